The van der Waals surface area contributed by atoms with Gasteiger partial charge in [0.25, 0.3) is 0 Å². The van der Waals surface area contributed by atoms with Crippen molar-refractivity contribution in [2.75, 3.05) is 14.1 Å². The Morgan fingerprint density at radius 2 is 2.14 bits per heavy atom. The molecule has 0 aromatic carbocycles. The molecule has 0 radical (unpaired) electrons. The molecule has 0 saturated heterocycles. The van der Waals surface area contributed by atoms with Crippen LogP contribution in [0.2, 0.25) is 0 Å². The SMILES string of the molecule is CN/N=C\NNC. The molecule has 7 heavy (non-hydrogen) atoms. The molecule has 0 aliphatic rings. The van der Waals surface area contributed by atoms with Crippen LogP contribution < -0.4 is 16.3 Å². The van der Waals surface area contributed by atoms with Crippen molar-refractivity contribution >= 4 is 6.34 Å². The van der Waals surface area contributed by atoms with Crippen molar-refractivity contribution in [3.05, 3.63) is 0 Å². The summed E-state index contributed by atoms with van der Waals surface area (Å²) in [5, 5.41) is 3.61. The van der Waals surface area contributed by atoms with E-state index in [2.05, 4.69) is 21.4 Å². The highest BCUT2D eigenvalue weighted by molar-refractivity contribution is 5.52. The molecule has 0 saturated carbocycles. The zero-order chi connectivity index (χ0) is 5.54. The first kappa shape index (κ1) is 6.23. The summed E-state index contributed by atoms with van der Waals surface area (Å²) in [5.74, 6) is 0. The van der Waals surface area contributed by atoms with E-state index in [4.69, 9.17) is 0 Å². The zero-order valence-corrected chi connectivity index (χ0v) is 4.52. The monoisotopic (exact) mass is 102 g/mol. The fraction of sp³-hybridized carbons (Fsp3) is 0.667. The second kappa shape index (κ2) is 5.23. The van der Waals surface area contributed by atoms with Gasteiger partial charge < -0.3 is 10.9 Å². The van der Waals surface area contributed by atoms with Gasteiger partial charge in [-0.2, -0.15) is 5.10 Å². The molecule has 0 unspecified atom stereocenters. The first-order chi connectivity index (χ1) is 3.41. The lowest BCUT2D eigenvalue weighted by Crippen LogP contribution is -2.26. The normalized spacial score (nSPS) is 9.43. The summed E-state index contributed by atoms with van der Waals surface area (Å²) in [6.45, 7) is 0. The third kappa shape index (κ3) is 5.23. The predicted octanol–water partition coefficient (Wildman–Crippen LogP) is -1.13. The maximum atomic E-state index is 3.61. The van der Waals surface area contributed by atoms with Gasteiger partial charge in [-0.15, -0.1) is 0 Å². The van der Waals surface area contributed by atoms with Gasteiger partial charge in [0.15, 0.2) is 0 Å². The number of hydrazine groups is 1. The van der Waals surface area contributed by atoms with Crippen LogP contribution in [0.3, 0.4) is 0 Å². The van der Waals surface area contributed by atoms with Gasteiger partial charge in [-0.05, 0) is 0 Å². The first-order valence-corrected chi connectivity index (χ1v) is 2.02. The van der Waals surface area contributed by atoms with Gasteiger partial charge in [-0.25, -0.2) is 5.43 Å². The van der Waals surface area contributed by atoms with Crippen LogP contribution in [0.15, 0.2) is 5.10 Å². The number of nitrogens with zero attached hydrogens (tertiary/aromatic N) is 1. The molecule has 0 aliphatic carbocycles. The van der Waals surface area contributed by atoms with E-state index in [9.17, 15) is 0 Å². The van der Waals surface area contributed by atoms with Crippen molar-refractivity contribution in [2.24, 2.45) is 5.10 Å². The number of hydrazone groups is 1. The van der Waals surface area contributed by atoms with Crippen molar-refractivity contribution in [1.82, 2.24) is 16.3 Å². The maximum absolute atomic E-state index is 3.61. The molecule has 0 aliphatic heterocycles. The molecule has 0 heterocycles. The molecule has 0 bridgehead atoms. The van der Waals surface area contributed by atoms with Crippen LogP contribution in [0.25, 0.3) is 0 Å². The molecule has 3 N–H and O–H groups in total. The fourth-order valence-corrected chi connectivity index (χ4v) is 0.161. The van der Waals surface area contributed by atoms with Crippen LogP contribution in [-0.2, 0) is 0 Å². The Morgan fingerprint density at radius 3 is 2.57 bits per heavy atom. The van der Waals surface area contributed by atoms with Crippen LogP contribution in [-0.4, -0.2) is 20.4 Å². The topological polar surface area (TPSA) is 48.5 Å². The molecule has 4 heteroatoms. The lowest BCUT2D eigenvalue weighted by molar-refractivity contribution is 0.767. The Bertz CT molecular complexity index is 50.9. The summed E-state index contributed by atoms with van der Waals surface area (Å²) in [6, 6.07) is 0. The van der Waals surface area contributed by atoms with Gasteiger partial charge in [0.05, 0.1) is 0 Å². The standard InChI is InChI=1S/C3H10N4/c1-4-6-3-7-5-2/h3-5H,1-2H3,(H,6,7). The highest BCUT2D eigenvalue weighted by Gasteiger charge is 1.59. The van der Waals surface area contributed by atoms with Crippen LogP contribution in [0.5, 0.6) is 0 Å². The summed E-state index contributed by atoms with van der Waals surface area (Å²) in [6.07, 6.45) is 1.51. The quantitative estimate of drug-likeness (QED) is 0.240. The lowest BCUT2D eigenvalue weighted by Gasteiger charge is -1.90. The number of rotatable bonds is 3. The average molecular weight is 102 g/mol. The smallest absolute Gasteiger partial charge is 0.122 e. The minimum atomic E-state index is 1.51. The summed E-state index contributed by atoms with van der Waals surface area (Å²) < 4.78 is 0. The third-order valence-corrected chi connectivity index (χ3v) is 0.403. The van der Waals surface area contributed by atoms with Crippen LogP contribution in [0.1, 0.15) is 0 Å². The Morgan fingerprint density at radius 1 is 1.43 bits per heavy atom. The van der Waals surface area contributed by atoms with Crippen molar-refractivity contribution < 1.29 is 0 Å². The van der Waals surface area contributed by atoms with E-state index in [1.165, 1.54) is 6.34 Å². The Labute approximate surface area is 43.0 Å². The minimum absolute atomic E-state index is 1.51. The predicted molar refractivity (Wildman–Crippen MR) is 29.7 cm³/mol. The van der Waals surface area contributed by atoms with E-state index in [-0.39, 0.29) is 0 Å². The zero-order valence-electron chi connectivity index (χ0n) is 4.52. The average Bonchev–Trinajstić information content (AvgIpc) is 1.69. The van der Waals surface area contributed by atoms with Gasteiger partial charge in [-0.1, -0.05) is 0 Å². The van der Waals surface area contributed by atoms with Gasteiger partial charge >= 0.3 is 0 Å². The van der Waals surface area contributed by atoms with Gasteiger partial charge in [0.1, 0.15) is 6.34 Å². The molecule has 0 fully saturated rings. The van der Waals surface area contributed by atoms with Crippen molar-refractivity contribution in [2.45, 2.75) is 0 Å². The van der Waals surface area contributed by atoms with E-state index < -0.39 is 0 Å². The molecule has 0 aromatic heterocycles. The number of hydrogen-bond acceptors (Lipinski definition) is 3. The lowest BCUT2D eigenvalue weighted by atomic mass is 11.3. The molecular formula is C3H10N4. The minimum Gasteiger partial charge on any atom is -0.312 e. The van der Waals surface area contributed by atoms with Crippen molar-refractivity contribution in [3.8, 4) is 0 Å². The Hall–Kier alpha value is -0.770. The molecular weight excluding hydrogens is 92.1 g/mol. The molecule has 42 valence electrons. The fourth-order valence-electron chi connectivity index (χ4n) is 0.161. The number of nitrogens with one attached hydrogen (secondary N) is 3. The van der Waals surface area contributed by atoms with E-state index >= 15 is 0 Å². The summed E-state index contributed by atoms with van der Waals surface area (Å²) in [7, 11) is 3.50. The van der Waals surface area contributed by atoms with E-state index in [0.717, 1.165) is 0 Å². The third-order valence-electron chi connectivity index (χ3n) is 0.403. The van der Waals surface area contributed by atoms with E-state index in [1.807, 2.05) is 0 Å². The van der Waals surface area contributed by atoms with Gasteiger partial charge in [-0.3, -0.25) is 0 Å². The van der Waals surface area contributed by atoms with Crippen molar-refractivity contribution in [1.29, 1.82) is 0 Å². The first-order valence-electron chi connectivity index (χ1n) is 2.02. The van der Waals surface area contributed by atoms with Gasteiger partial charge in [0, 0.05) is 14.1 Å². The van der Waals surface area contributed by atoms with Crippen molar-refractivity contribution in [3.63, 3.8) is 0 Å². The van der Waals surface area contributed by atoms with Crippen LogP contribution >= 0.6 is 0 Å². The molecule has 0 aromatic rings. The molecule has 0 rings (SSSR count). The Balaban J connectivity index is 2.78. The second-order valence-corrected chi connectivity index (χ2v) is 0.876. The Kier molecular flexibility index (Phi) is 4.65. The summed E-state index contributed by atoms with van der Waals surface area (Å²) in [5.41, 5.74) is 7.88. The molecule has 0 amide bonds. The summed E-state index contributed by atoms with van der Waals surface area (Å²) in [4.78, 5) is 0. The van der Waals surface area contributed by atoms with E-state index in [0.29, 0.717) is 0 Å². The molecule has 0 atom stereocenters. The highest BCUT2D eigenvalue weighted by Crippen LogP contribution is 1.39. The maximum Gasteiger partial charge on any atom is 0.122 e. The van der Waals surface area contributed by atoms with E-state index in [1.54, 1.807) is 14.1 Å². The summed E-state index contributed by atoms with van der Waals surface area (Å²) >= 11 is 0. The van der Waals surface area contributed by atoms with Crippen LogP contribution in [0, 0.1) is 0 Å². The largest absolute Gasteiger partial charge is 0.312 e. The molecule has 4 nitrogen and oxygen atoms in total. The van der Waals surface area contributed by atoms with Gasteiger partial charge in [0.2, 0.25) is 0 Å². The number of hydrogen-bond donors (Lipinski definition) is 3. The second-order valence-electron chi connectivity index (χ2n) is 0.876. The van der Waals surface area contributed by atoms with Crippen LogP contribution in [0.4, 0.5) is 0 Å². The highest BCUT2D eigenvalue weighted by atomic mass is 15.4. The molecule has 0 spiro atoms.